The molecule has 34 heavy (non-hydrogen) atoms. The molecule has 0 atom stereocenters. The zero-order valence-corrected chi connectivity index (χ0v) is 18.9. The lowest BCUT2D eigenvalue weighted by Crippen LogP contribution is -2.40. The molecule has 1 saturated carbocycles. The van der Waals surface area contributed by atoms with Gasteiger partial charge in [0.2, 0.25) is 5.95 Å². The van der Waals surface area contributed by atoms with Crippen LogP contribution in [0.5, 0.6) is 0 Å². The summed E-state index contributed by atoms with van der Waals surface area (Å²) in [6.07, 6.45) is 6.99. The molecule has 1 aromatic heterocycles. The molecule has 3 aromatic carbocycles. The standard InChI is InChI=1S/C29H26N4O/c34-27-25-26(24-16-8-7-13-22(24)19-29(25)17-9-10-18-29)31-28(33(27)23-14-5-2-6-15-23)32-30-20-21-11-3-1-4-12-21/h1-8,11-16,20H,9-10,17-19H2,(H,31,32). The van der Waals surface area contributed by atoms with E-state index in [9.17, 15) is 4.79 Å². The Morgan fingerprint density at radius 3 is 2.32 bits per heavy atom. The Bertz CT molecular complexity index is 1420. The van der Waals surface area contributed by atoms with Crippen molar-refractivity contribution >= 4 is 12.2 Å². The van der Waals surface area contributed by atoms with Gasteiger partial charge in [-0.1, -0.05) is 85.6 Å². The number of anilines is 1. The van der Waals surface area contributed by atoms with Gasteiger partial charge >= 0.3 is 0 Å². The first-order valence-corrected chi connectivity index (χ1v) is 11.9. The van der Waals surface area contributed by atoms with Crippen molar-refractivity contribution in [2.24, 2.45) is 5.10 Å². The van der Waals surface area contributed by atoms with Crippen LogP contribution in [0.1, 0.15) is 42.4 Å². The van der Waals surface area contributed by atoms with E-state index in [0.29, 0.717) is 5.95 Å². The molecule has 1 fully saturated rings. The van der Waals surface area contributed by atoms with E-state index < -0.39 is 0 Å². The average Bonchev–Trinajstić information content (AvgIpc) is 3.33. The predicted octanol–water partition coefficient (Wildman–Crippen LogP) is 5.71. The Morgan fingerprint density at radius 2 is 1.56 bits per heavy atom. The third kappa shape index (κ3) is 3.45. The van der Waals surface area contributed by atoms with Crippen molar-refractivity contribution in [3.8, 4) is 16.9 Å². The van der Waals surface area contributed by atoms with Crippen LogP contribution in [0.4, 0.5) is 5.95 Å². The number of aromatic nitrogens is 2. The minimum absolute atomic E-state index is 0.00464. The summed E-state index contributed by atoms with van der Waals surface area (Å²) < 4.78 is 1.69. The third-order valence-corrected chi connectivity index (χ3v) is 7.17. The lowest BCUT2D eigenvalue weighted by atomic mass is 9.68. The molecule has 5 heteroatoms. The molecule has 1 spiro atoms. The first-order chi connectivity index (χ1) is 16.8. The molecule has 4 aromatic rings. The van der Waals surface area contributed by atoms with Crippen LogP contribution in [-0.2, 0) is 11.8 Å². The van der Waals surface area contributed by atoms with Crippen LogP contribution in [0.25, 0.3) is 16.9 Å². The fourth-order valence-corrected chi connectivity index (χ4v) is 5.63. The normalized spacial score (nSPS) is 15.9. The second kappa shape index (κ2) is 8.41. The van der Waals surface area contributed by atoms with Gasteiger partial charge in [0.05, 0.1) is 23.2 Å². The van der Waals surface area contributed by atoms with Crippen LogP contribution >= 0.6 is 0 Å². The summed E-state index contributed by atoms with van der Waals surface area (Å²) in [5.41, 5.74) is 8.70. The van der Waals surface area contributed by atoms with Gasteiger partial charge in [-0.15, -0.1) is 0 Å². The molecule has 1 heterocycles. The number of hydrazone groups is 1. The topological polar surface area (TPSA) is 59.3 Å². The lowest BCUT2D eigenvalue weighted by Gasteiger charge is -2.36. The average molecular weight is 447 g/mol. The highest BCUT2D eigenvalue weighted by Gasteiger charge is 2.44. The molecular weight excluding hydrogens is 420 g/mol. The number of hydrogen-bond donors (Lipinski definition) is 1. The monoisotopic (exact) mass is 446 g/mol. The molecular formula is C29H26N4O. The summed E-state index contributed by atoms with van der Waals surface area (Å²) in [7, 11) is 0. The van der Waals surface area contributed by atoms with Crippen molar-refractivity contribution in [3.05, 3.63) is 112 Å². The van der Waals surface area contributed by atoms with Crippen LogP contribution in [0, 0.1) is 0 Å². The first kappa shape index (κ1) is 20.6. The van der Waals surface area contributed by atoms with E-state index in [4.69, 9.17) is 4.98 Å². The number of nitrogens with zero attached hydrogens (tertiary/aromatic N) is 3. The Morgan fingerprint density at radius 1 is 0.882 bits per heavy atom. The van der Waals surface area contributed by atoms with Crippen molar-refractivity contribution in [1.29, 1.82) is 0 Å². The van der Waals surface area contributed by atoms with Crippen LogP contribution < -0.4 is 11.0 Å². The van der Waals surface area contributed by atoms with E-state index in [1.54, 1.807) is 10.8 Å². The minimum Gasteiger partial charge on any atom is -0.268 e. The van der Waals surface area contributed by atoms with Crippen LogP contribution in [0.3, 0.4) is 0 Å². The molecule has 168 valence electrons. The fourth-order valence-electron chi connectivity index (χ4n) is 5.63. The Hall–Kier alpha value is -3.99. The summed E-state index contributed by atoms with van der Waals surface area (Å²) in [6, 6.07) is 28.0. The third-order valence-electron chi connectivity index (χ3n) is 7.17. The van der Waals surface area contributed by atoms with Gasteiger partial charge in [-0.25, -0.2) is 15.0 Å². The van der Waals surface area contributed by atoms with Crippen molar-refractivity contribution in [3.63, 3.8) is 0 Å². The van der Waals surface area contributed by atoms with E-state index in [0.717, 1.165) is 60.2 Å². The number of rotatable bonds is 4. The molecule has 1 N–H and O–H groups in total. The number of hydrogen-bond acceptors (Lipinski definition) is 4. The smallest absolute Gasteiger partial charge is 0.263 e. The highest BCUT2D eigenvalue weighted by molar-refractivity contribution is 5.80. The van der Waals surface area contributed by atoms with Gasteiger partial charge in [0.25, 0.3) is 5.56 Å². The zero-order valence-electron chi connectivity index (χ0n) is 18.9. The molecule has 0 amide bonds. The highest BCUT2D eigenvalue weighted by atomic mass is 16.1. The number of fused-ring (bicyclic) bond motifs is 4. The van der Waals surface area contributed by atoms with Gasteiger partial charge in [-0.3, -0.25) is 4.79 Å². The molecule has 2 aliphatic carbocycles. The maximum Gasteiger partial charge on any atom is 0.263 e. The SMILES string of the molecule is O=c1c2c(nc(NN=Cc3ccccc3)n1-c1ccccc1)-c1ccccc1CC21CCCC1. The van der Waals surface area contributed by atoms with Gasteiger partial charge in [-0.05, 0) is 42.5 Å². The maximum atomic E-state index is 14.3. The van der Waals surface area contributed by atoms with Crippen molar-refractivity contribution in [1.82, 2.24) is 9.55 Å². The Balaban J connectivity index is 1.57. The largest absolute Gasteiger partial charge is 0.268 e. The maximum absolute atomic E-state index is 14.3. The number of nitrogens with one attached hydrogen (secondary N) is 1. The number of para-hydroxylation sites is 1. The van der Waals surface area contributed by atoms with E-state index in [1.807, 2.05) is 66.7 Å². The molecule has 2 aliphatic rings. The first-order valence-electron chi connectivity index (χ1n) is 11.9. The van der Waals surface area contributed by atoms with Gasteiger partial charge in [0.15, 0.2) is 0 Å². The van der Waals surface area contributed by atoms with Gasteiger partial charge < -0.3 is 0 Å². The van der Waals surface area contributed by atoms with Crippen LogP contribution in [0.2, 0.25) is 0 Å². The Labute approximate surface area is 198 Å². The van der Waals surface area contributed by atoms with E-state index in [2.05, 4.69) is 28.7 Å². The zero-order chi connectivity index (χ0) is 23.0. The van der Waals surface area contributed by atoms with Gasteiger partial charge in [-0.2, -0.15) is 5.10 Å². The summed E-state index contributed by atoms with van der Waals surface area (Å²) in [4.78, 5) is 19.4. The highest BCUT2D eigenvalue weighted by Crippen LogP contribution is 2.50. The van der Waals surface area contributed by atoms with Crippen molar-refractivity contribution < 1.29 is 0 Å². The lowest BCUT2D eigenvalue weighted by molar-refractivity contribution is 0.425. The predicted molar refractivity (Wildman–Crippen MR) is 137 cm³/mol. The second-order valence-electron chi connectivity index (χ2n) is 9.24. The second-order valence-corrected chi connectivity index (χ2v) is 9.24. The van der Waals surface area contributed by atoms with Gasteiger partial charge in [0, 0.05) is 11.0 Å². The summed E-state index contributed by atoms with van der Waals surface area (Å²) in [6.45, 7) is 0. The molecule has 0 radical (unpaired) electrons. The number of benzene rings is 3. The minimum atomic E-state index is -0.143. The molecule has 5 nitrogen and oxygen atoms in total. The molecule has 0 aliphatic heterocycles. The molecule has 0 unspecified atom stereocenters. The van der Waals surface area contributed by atoms with Crippen molar-refractivity contribution in [2.45, 2.75) is 37.5 Å². The summed E-state index contributed by atoms with van der Waals surface area (Å²) in [5, 5.41) is 4.44. The quantitative estimate of drug-likeness (QED) is 0.322. The summed E-state index contributed by atoms with van der Waals surface area (Å²) >= 11 is 0. The van der Waals surface area contributed by atoms with Crippen LogP contribution in [0.15, 0.2) is 94.8 Å². The Kier molecular flexibility index (Phi) is 5.10. The van der Waals surface area contributed by atoms with E-state index >= 15 is 0 Å². The van der Waals surface area contributed by atoms with Crippen LogP contribution in [-0.4, -0.2) is 15.8 Å². The molecule has 0 saturated heterocycles. The molecule has 6 rings (SSSR count). The van der Waals surface area contributed by atoms with E-state index in [-0.39, 0.29) is 11.0 Å². The summed E-state index contributed by atoms with van der Waals surface area (Å²) in [5.74, 6) is 0.423. The van der Waals surface area contributed by atoms with Gasteiger partial charge in [0.1, 0.15) is 0 Å². The van der Waals surface area contributed by atoms with E-state index in [1.165, 1.54) is 5.56 Å². The van der Waals surface area contributed by atoms with Crippen molar-refractivity contribution in [2.75, 3.05) is 5.43 Å². The fraction of sp³-hybridized carbons (Fsp3) is 0.207. The molecule has 0 bridgehead atoms.